The lowest BCUT2D eigenvalue weighted by molar-refractivity contribution is 0.0279. The number of aromatic nitrogens is 2. The van der Waals surface area contributed by atoms with Crippen LogP contribution in [0.1, 0.15) is 38.3 Å². The molecule has 1 heterocycles. The first-order valence-electron chi connectivity index (χ1n) is 6.59. The van der Waals surface area contributed by atoms with E-state index < -0.39 is 0 Å². The number of aliphatic hydroxyl groups excluding tert-OH is 1. The first-order chi connectivity index (χ1) is 8.22. The van der Waals surface area contributed by atoms with E-state index in [9.17, 15) is 5.11 Å². The van der Waals surface area contributed by atoms with Crippen LogP contribution in [0.5, 0.6) is 0 Å². The van der Waals surface area contributed by atoms with Gasteiger partial charge in [0.2, 0.25) is 0 Å². The topological polar surface area (TPSA) is 41.3 Å². The van der Waals surface area contributed by atoms with Crippen molar-refractivity contribution in [3.63, 3.8) is 0 Å². The summed E-state index contributed by atoms with van der Waals surface area (Å²) in [7, 11) is 2.10. The molecule has 4 heteroatoms. The summed E-state index contributed by atoms with van der Waals surface area (Å²) in [5.74, 6) is 0. The number of nitrogens with zero attached hydrogens (tertiary/aromatic N) is 3. The van der Waals surface area contributed by atoms with Gasteiger partial charge in [-0.25, -0.2) is 4.98 Å². The van der Waals surface area contributed by atoms with Crippen LogP contribution in [-0.4, -0.2) is 38.8 Å². The minimum Gasteiger partial charge on any atom is -0.391 e. The largest absolute Gasteiger partial charge is 0.391 e. The number of likely N-dealkylation sites (N-methyl/N-ethyl adjacent to an activating group) is 1. The highest BCUT2D eigenvalue weighted by Crippen LogP contribution is 2.23. The van der Waals surface area contributed by atoms with E-state index in [1.165, 1.54) is 18.5 Å². The monoisotopic (exact) mass is 237 g/mol. The van der Waals surface area contributed by atoms with Crippen LogP contribution in [0.2, 0.25) is 0 Å². The average Bonchev–Trinajstić information content (AvgIpc) is 2.76. The molecule has 1 aliphatic rings. The van der Waals surface area contributed by atoms with E-state index in [0.29, 0.717) is 6.04 Å². The second-order valence-corrected chi connectivity index (χ2v) is 5.01. The van der Waals surface area contributed by atoms with E-state index in [0.717, 1.165) is 25.9 Å². The lowest BCUT2D eigenvalue weighted by Crippen LogP contribution is -2.43. The Kier molecular flexibility index (Phi) is 4.18. The molecule has 0 saturated heterocycles. The highest BCUT2D eigenvalue weighted by molar-refractivity contribution is 4.99. The van der Waals surface area contributed by atoms with Crippen LogP contribution in [0, 0.1) is 0 Å². The van der Waals surface area contributed by atoms with Crippen molar-refractivity contribution in [2.24, 2.45) is 0 Å². The van der Waals surface area contributed by atoms with Gasteiger partial charge in [-0.1, -0.05) is 12.8 Å². The SMILES string of the molecule is CCn1cncc1CN(C)C1CCCCC1O. The molecule has 96 valence electrons. The quantitative estimate of drug-likeness (QED) is 0.865. The molecule has 4 nitrogen and oxygen atoms in total. The van der Waals surface area contributed by atoms with Crippen molar-refractivity contribution < 1.29 is 5.11 Å². The molecule has 0 bridgehead atoms. The fourth-order valence-corrected chi connectivity index (χ4v) is 2.74. The summed E-state index contributed by atoms with van der Waals surface area (Å²) >= 11 is 0. The van der Waals surface area contributed by atoms with Crippen LogP contribution >= 0.6 is 0 Å². The van der Waals surface area contributed by atoms with Crippen molar-refractivity contribution in [3.05, 3.63) is 18.2 Å². The maximum absolute atomic E-state index is 10.0. The van der Waals surface area contributed by atoms with Crippen molar-refractivity contribution in [2.75, 3.05) is 7.05 Å². The van der Waals surface area contributed by atoms with E-state index >= 15 is 0 Å². The minimum absolute atomic E-state index is 0.160. The predicted molar refractivity (Wildman–Crippen MR) is 67.6 cm³/mol. The van der Waals surface area contributed by atoms with Crippen molar-refractivity contribution in [2.45, 2.75) is 57.8 Å². The highest BCUT2D eigenvalue weighted by Gasteiger charge is 2.26. The van der Waals surface area contributed by atoms with Crippen LogP contribution in [0.25, 0.3) is 0 Å². The number of rotatable bonds is 4. The van der Waals surface area contributed by atoms with Gasteiger partial charge in [-0.3, -0.25) is 4.90 Å². The summed E-state index contributed by atoms with van der Waals surface area (Å²) in [6, 6.07) is 0.309. The highest BCUT2D eigenvalue weighted by atomic mass is 16.3. The van der Waals surface area contributed by atoms with Gasteiger partial charge < -0.3 is 9.67 Å². The Balaban J connectivity index is 1.98. The van der Waals surface area contributed by atoms with Crippen LogP contribution < -0.4 is 0 Å². The zero-order valence-corrected chi connectivity index (χ0v) is 10.8. The molecule has 17 heavy (non-hydrogen) atoms. The number of hydrogen-bond donors (Lipinski definition) is 1. The number of imidazole rings is 1. The maximum atomic E-state index is 10.0. The molecule has 1 aromatic heterocycles. The molecule has 1 N–H and O–H groups in total. The van der Waals surface area contributed by atoms with Crippen molar-refractivity contribution >= 4 is 0 Å². The second kappa shape index (κ2) is 5.65. The summed E-state index contributed by atoms with van der Waals surface area (Å²) in [5.41, 5.74) is 1.23. The van der Waals surface area contributed by atoms with E-state index in [2.05, 4.69) is 28.4 Å². The molecule has 0 aromatic carbocycles. The average molecular weight is 237 g/mol. The number of aliphatic hydroxyl groups is 1. The Morgan fingerprint density at radius 1 is 1.47 bits per heavy atom. The smallest absolute Gasteiger partial charge is 0.0948 e. The molecule has 1 aromatic rings. The number of aryl methyl sites for hydroxylation is 1. The molecule has 1 aliphatic carbocycles. The molecule has 0 amide bonds. The van der Waals surface area contributed by atoms with Crippen molar-refractivity contribution in [1.82, 2.24) is 14.5 Å². The summed E-state index contributed by atoms with van der Waals surface area (Å²) in [6.45, 7) is 3.95. The van der Waals surface area contributed by atoms with Gasteiger partial charge in [-0.2, -0.15) is 0 Å². The molecule has 2 rings (SSSR count). The van der Waals surface area contributed by atoms with Gasteiger partial charge in [0.1, 0.15) is 0 Å². The lowest BCUT2D eigenvalue weighted by Gasteiger charge is -2.35. The predicted octanol–water partition coefficient (Wildman–Crippen LogP) is 1.64. The minimum atomic E-state index is -0.160. The van der Waals surface area contributed by atoms with Gasteiger partial charge in [0.05, 0.1) is 18.1 Å². The van der Waals surface area contributed by atoms with E-state index in [1.54, 1.807) is 0 Å². The second-order valence-electron chi connectivity index (χ2n) is 5.01. The Morgan fingerprint density at radius 2 is 2.24 bits per heavy atom. The fraction of sp³-hybridized carbons (Fsp3) is 0.769. The maximum Gasteiger partial charge on any atom is 0.0948 e. The molecule has 1 saturated carbocycles. The third-order valence-electron chi connectivity index (χ3n) is 3.81. The molecule has 2 unspecified atom stereocenters. The van der Waals surface area contributed by atoms with Gasteiger partial charge in [0.15, 0.2) is 0 Å². The van der Waals surface area contributed by atoms with Crippen molar-refractivity contribution in [3.8, 4) is 0 Å². The third-order valence-corrected chi connectivity index (χ3v) is 3.81. The van der Waals surface area contributed by atoms with Gasteiger partial charge in [0, 0.05) is 25.3 Å². The van der Waals surface area contributed by atoms with Gasteiger partial charge in [-0.05, 0) is 26.8 Å². The zero-order chi connectivity index (χ0) is 12.3. The molecule has 2 atom stereocenters. The van der Waals surface area contributed by atoms with Crippen molar-refractivity contribution in [1.29, 1.82) is 0 Å². The van der Waals surface area contributed by atoms with E-state index in [1.807, 2.05) is 12.5 Å². The van der Waals surface area contributed by atoms with E-state index in [-0.39, 0.29) is 6.10 Å². The first-order valence-corrected chi connectivity index (χ1v) is 6.59. The Labute approximate surface area is 103 Å². The standard InChI is InChI=1S/C13H23N3O/c1-3-16-10-14-8-11(16)9-15(2)12-6-4-5-7-13(12)17/h8,10,12-13,17H,3-7,9H2,1-2H3. The molecular weight excluding hydrogens is 214 g/mol. The third kappa shape index (κ3) is 2.87. The fourth-order valence-electron chi connectivity index (χ4n) is 2.74. The Hall–Kier alpha value is -0.870. The summed E-state index contributed by atoms with van der Waals surface area (Å²) in [6.07, 6.45) is 8.10. The molecule has 0 spiro atoms. The zero-order valence-electron chi connectivity index (χ0n) is 10.8. The van der Waals surface area contributed by atoms with Crippen LogP contribution in [0.4, 0.5) is 0 Å². The lowest BCUT2D eigenvalue weighted by atomic mass is 9.91. The Bertz CT molecular complexity index is 350. The Morgan fingerprint density at radius 3 is 2.94 bits per heavy atom. The normalized spacial score (nSPS) is 25.4. The van der Waals surface area contributed by atoms with Crippen LogP contribution in [0.15, 0.2) is 12.5 Å². The first kappa shape index (κ1) is 12.6. The van der Waals surface area contributed by atoms with Gasteiger partial charge in [0.25, 0.3) is 0 Å². The van der Waals surface area contributed by atoms with E-state index in [4.69, 9.17) is 0 Å². The summed E-state index contributed by atoms with van der Waals surface area (Å²) in [4.78, 5) is 6.45. The number of hydrogen-bond acceptors (Lipinski definition) is 3. The summed E-state index contributed by atoms with van der Waals surface area (Å²) in [5, 5.41) is 10.0. The van der Waals surface area contributed by atoms with Gasteiger partial charge >= 0.3 is 0 Å². The summed E-state index contributed by atoms with van der Waals surface area (Å²) < 4.78 is 2.16. The molecular formula is C13H23N3O. The van der Waals surface area contributed by atoms with Gasteiger partial charge in [-0.15, -0.1) is 0 Å². The van der Waals surface area contributed by atoms with Crippen LogP contribution in [0.3, 0.4) is 0 Å². The molecule has 0 aliphatic heterocycles. The molecule has 1 fully saturated rings. The molecule has 0 radical (unpaired) electrons. The van der Waals surface area contributed by atoms with Crippen LogP contribution in [-0.2, 0) is 13.1 Å².